The third-order valence-electron chi connectivity index (χ3n) is 5.83. The number of anilines is 2. The number of allylic oxidation sites excluding steroid dienone is 1. The molecule has 6 nitrogen and oxygen atoms in total. The molecule has 0 radical (unpaired) electrons. The molecular weight excluding hydrogens is 364 g/mol. The van der Waals surface area contributed by atoms with Gasteiger partial charge in [0.15, 0.2) is 11.5 Å². The van der Waals surface area contributed by atoms with Crippen LogP contribution >= 0.6 is 0 Å². The molecule has 0 bridgehead atoms. The van der Waals surface area contributed by atoms with Crippen LogP contribution in [0.2, 0.25) is 0 Å². The van der Waals surface area contributed by atoms with Gasteiger partial charge >= 0.3 is 0 Å². The second-order valence-electron chi connectivity index (χ2n) is 7.69. The fourth-order valence-electron chi connectivity index (χ4n) is 4.18. The van der Waals surface area contributed by atoms with Crippen LogP contribution in [0.3, 0.4) is 0 Å². The zero-order chi connectivity index (χ0) is 20.1. The van der Waals surface area contributed by atoms with Crippen LogP contribution in [0.25, 0.3) is 0 Å². The van der Waals surface area contributed by atoms with Crippen molar-refractivity contribution in [1.82, 2.24) is 9.97 Å². The zero-order valence-electron chi connectivity index (χ0n) is 17.4. The summed E-state index contributed by atoms with van der Waals surface area (Å²) >= 11 is 0. The minimum absolute atomic E-state index is 0.773. The van der Waals surface area contributed by atoms with Crippen molar-refractivity contribution >= 4 is 11.6 Å². The predicted octanol–water partition coefficient (Wildman–Crippen LogP) is 4.36. The number of ether oxygens (including phenoxy) is 2. The number of nitrogens with one attached hydrogen (secondary N) is 1. The summed E-state index contributed by atoms with van der Waals surface area (Å²) in [4.78, 5) is 11.2. The molecule has 4 rings (SSSR count). The molecule has 6 heteroatoms. The first kappa shape index (κ1) is 19.6. The number of fused-ring (bicyclic) bond motifs is 1. The summed E-state index contributed by atoms with van der Waals surface area (Å²) in [7, 11) is 3.36. The molecule has 2 aromatic rings. The average Bonchev–Trinajstić information content (AvgIpc) is 2.78. The lowest BCUT2D eigenvalue weighted by Gasteiger charge is -2.30. The SMILES string of the molecule is COc1cc2c(cc1OC)CN(c1cc(NCCC3=CCCCC3)ncn1)CC2. The van der Waals surface area contributed by atoms with Crippen molar-refractivity contribution in [2.75, 3.05) is 37.5 Å². The molecule has 0 saturated carbocycles. The van der Waals surface area contributed by atoms with Gasteiger partial charge in [-0.1, -0.05) is 11.6 Å². The molecule has 1 aromatic carbocycles. The molecule has 1 aliphatic heterocycles. The van der Waals surface area contributed by atoms with Gasteiger partial charge in [-0.3, -0.25) is 0 Å². The van der Waals surface area contributed by atoms with Crippen LogP contribution in [0.15, 0.2) is 36.2 Å². The van der Waals surface area contributed by atoms with Crippen LogP contribution in [0, 0.1) is 0 Å². The average molecular weight is 395 g/mol. The van der Waals surface area contributed by atoms with E-state index in [-0.39, 0.29) is 0 Å². The van der Waals surface area contributed by atoms with Gasteiger partial charge in [0.2, 0.25) is 0 Å². The predicted molar refractivity (Wildman–Crippen MR) is 116 cm³/mol. The van der Waals surface area contributed by atoms with Crippen molar-refractivity contribution in [3.8, 4) is 11.5 Å². The number of rotatable bonds is 7. The maximum Gasteiger partial charge on any atom is 0.161 e. The lowest BCUT2D eigenvalue weighted by Crippen LogP contribution is -2.31. The molecule has 0 amide bonds. The van der Waals surface area contributed by atoms with Gasteiger partial charge in [0, 0.05) is 25.7 Å². The van der Waals surface area contributed by atoms with E-state index in [1.165, 1.54) is 36.8 Å². The maximum absolute atomic E-state index is 5.47. The molecule has 2 aliphatic rings. The minimum Gasteiger partial charge on any atom is -0.493 e. The summed E-state index contributed by atoms with van der Waals surface area (Å²) in [6, 6.07) is 6.23. The van der Waals surface area contributed by atoms with Crippen molar-refractivity contribution in [1.29, 1.82) is 0 Å². The van der Waals surface area contributed by atoms with Gasteiger partial charge in [0.1, 0.15) is 18.0 Å². The molecule has 0 unspecified atom stereocenters. The number of hydrogen-bond acceptors (Lipinski definition) is 6. The molecular formula is C23H30N4O2. The van der Waals surface area contributed by atoms with E-state index in [2.05, 4.69) is 44.5 Å². The molecule has 0 saturated heterocycles. The Morgan fingerprint density at radius 1 is 1.00 bits per heavy atom. The van der Waals surface area contributed by atoms with Crippen molar-refractivity contribution in [3.63, 3.8) is 0 Å². The van der Waals surface area contributed by atoms with Crippen LogP contribution in [-0.4, -0.2) is 37.3 Å². The Kier molecular flexibility index (Phi) is 6.17. The van der Waals surface area contributed by atoms with E-state index in [0.717, 1.165) is 55.6 Å². The lowest BCUT2D eigenvalue weighted by atomic mass is 9.97. The summed E-state index contributed by atoms with van der Waals surface area (Å²) in [5.41, 5.74) is 4.15. The highest BCUT2D eigenvalue weighted by molar-refractivity contribution is 5.54. The van der Waals surface area contributed by atoms with Crippen LogP contribution < -0.4 is 19.7 Å². The van der Waals surface area contributed by atoms with Gasteiger partial charge in [-0.15, -0.1) is 0 Å². The Balaban J connectivity index is 1.41. The Bertz CT molecular complexity index is 881. The lowest BCUT2D eigenvalue weighted by molar-refractivity contribution is 0.353. The van der Waals surface area contributed by atoms with E-state index < -0.39 is 0 Å². The van der Waals surface area contributed by atoms with Gasteiger partial charge in [0.25, 0.3) is 0 Å². The largest absolute Gasteiger partial charge is 0.493 e. The molecule has 29 heavy (non-hydrogen) atoms. The second kappa shape index (κ2) is 9.16. The Hall–Kier alpha value is -2.76. The van der Waals surface area contributed by atoms with Crippen molar-refractivity contribution in [2.45, 2.75) is 45.1 Å². The van der Waals surface area contributed by atoms with E-state index in [1.807, 2.05) is 0 Å². The van der Waals surface area contributed by atoms with Crippen LogP contribution in [0.5, 0.6) is 11.5 Å². The van der Waals surface area contributed by atoms with Gasteiger partial charge in [-0.2, -0.15) is 0 Å². The summed E-state index contributed by atoms with van der Waals surface area (Å²) in [6.07, 6.45) is 11.3. The first-order valence-corrected chi connectivity index (χ1v) is 10.5. The second-order valence-corrected chi connectivity index (χ2v) is 7.69. The molecule has 0 fully saturated rings. The molecule has 1 aromatic heterocycles. The third kappa shape index (κ3) is 4.63. The van der Waals surface area contributed by atoms with Crippen LogP contribution in [0.4, 0.5) is 11.6 Å². The van der Waals surface area contributed by atoms with E-state index in [1.54, 1.807) is 26.1 Å². The number of hydrogen-bond donors (Lipinski definition) is 1. The van der Waals surface area contributed by atoms with Crippen LogP contribution in [-0.2, 0) is 13.0 Å². The van der Waals surface area contributed by atoms with Crippen molar-refractivity contribution in [3.05, 3.63) is 47.3 Å². The van der Waals surface area contributed by atoms with Gasteiger partial charge < -0.3 is 19.7 Å². The fraction of sp³-hybridized carbons (Fsp3) is 0.478. The first-order chi connectivity index (χ1) is 14.3. The van der Waals surface area contributed by atoms with Crippen molar-refractivity contribution < 1.29 is 9.47 Å². The molecule has 1 N–H and O–H groups in total. The standard InChI is InChI=1S/C23H30N4O2/c1-28-20-12-18-9-11-27(15-19(18)13-21(20)29-2)23-14-22(25-16-26-23)24-10-8-17-6-4-3-5-7-17/h6,12-14,16H,3-5,7-11,15H2,1-2H3,(H,24,25,26). The van der Waals surface area contributed by atoms with Gasteiger partial charge in [0.05, 0.1) is 14.2 Å². The highest BCUT2D eigenvalue weighted by atomic mass is 16.5. The smallest absolute Gasteiger partial charge is 0.161 e. The quantitative estimate of drug-likeness (QED) is 0.704. The normalized spacial score (nSPS) is 16.1. The fourth-order valence-corrected chi connectivity index (χ4v) is 4.18. The summed E-state index contributed by atoms with van der Waals surface area (Å²) in [6.45, 7) is 2.65. The van der Waals surface area contributed by atoms with E-state index in [0.29, 0.717) is 0 Å². The number of methoxy groups -OCH3 is 2. The highest BCUT2D eigenvalue weighted by Crippen LogP contribution is 2.34. The molecule has 0 spiro atoms. The van der Waals surface area contributed by atoms with E-state index in [9.17, 15) is 0 Å². The van der Waals surface area contributed by atoms with Gasteiger partial charge in [-0.25, -0.2) is 9.97 Å². The number of aromatic nitrogens is 2. The molecule has 154 valence electrons. The van der Waals surface area contributed by atoms with Crippen molar-refractivity contribution in [2.24, 2.45) is 0 Å². The van der Waals surface area contributed by atoms with E-state index in [4.69, 9.17) is 9.47 Å². The Labute approximate surface area is 173 Å². The maximum atomic E-state index is 5.47. The number of benzene rings is 1. The topological polar surface area (TPSA) is 59.5 Å². The third-order valence-corrected chi connectivity index (χ3v) is 5.83. The Morgan fingerprint density at radius 2 is 1.83 bits per heavy atom. The number of nitrogens with zero attached hydrogens (tertiary/aromatic N) is 3. The molecule has 2 heterocycles. The molecule has 0 atom stereocenters. The van der Waals surface area contributed by atoms with Gasteiger partial charge in [-0.05, 0) is 61.8 Å². The summed E-state index contributed by atoms with van der Waals surface area (Å²) in [5.74, 6) is 3.42. The van der Waals surface area contributed by atoms with Crippen LogP contribution in [0.1, 0.15) is 43.2 Å². The monoisotopic (exact) mass is 394 g/mol. The highest BCUT2D eigenvalue weighted by Gasteiger charge is 2.20. The molecule has 1 aliphatic carbocycles. The van der Waals surface area contributed by atoms with E-state index >= 15 is 0 Å². The zero-order valence-corrected chi connectivity index (χ0v) is 17.4. The first-order valence-electron chi connectivity index (χ1n) is 10.5. The minimum atomic E-state index is 0.773. The Morgan fingerprint density at radius 3 is 2.59 bits per heavy atom. The summed E-state index contributed by atoms with van der Waals surface area (Å²) in [5, 5.41) is 3.47. The summed E-state index contributed by atoms with van der Waals surface area (Å²) < 4.78 is 10.9.